The molecule has 0 aliphatic carbocycles. The number of carbonyl (C=O) groups is 1. The van der Waals surface area contributed by atoms with Crippen molar-refractivity contribution in [2.45, 2.75) is 18.2 Å². The smallest absolute Gasteiger partial charge is 0.337 e. The van der Waals surface area contributed by atoms with Gasteiger partial charge in [-0.05, 0) is 24.6 Å². The van der Waals surface area contributed by atoms with E-state index in [9.17, 15) is 13.2 Å². The van der Waals surface area contributed by atoms with Crippen molar-refractivity contribution < 1.29 is 18.3 Å². The second kappa shape index (κ2) is 4.89. The Labute approximate surface area is 111 Å². The average Bonchev–Trinajstić information content (AvgIpc) is 2.84. The molecule has 100 valence electrons. The fourth-order valence-corrected chi connectivity index (χ4v) is 3.39. The first-order chi connectivity index (χ1) is 8.98. The van der Waals surface area contributed by atoms with E-state index in [1.807, 2.05) is 0 Å². The molecule has 0 amide bonds. The van der Waals surface area contributed by atoms with Crippen molar-refractivity contribution >= 4 is 16.0 Å². The van der Waals surface area contributed by atoms with E-state index in [0.717, 1.165) is 3.97 Å². The number of carboxylic acid groups (broad SMARTS) is 1. The lowest BCUT2D eigenvalue weighted by Gasteiger charge is -2.09. The number of benzene rings is 1. The third kappa shape index (κ3) is 2.26. The first-order valence-corrected chi connectivity index (χ1v) is 7.16. The number of carboxylic acids is 1. The van der Waals surface area contributed by atoms with Crippen LogP contribution in [-0.2, 0) is 16.4 Å². The van der Waals surface area contributed by atoms with Crippen LogP contribution in [0.25, 0.3) is 0 Å². The van der Waals surface area contributed by atoms with Crippen molar-refractivity contribution in [1.82, 2.24) is 3.97 Å². The number of nitrogens with zero attached hydrogens (tertiary/aromatic N) is 1. The molecule has 0 radical (unpaired) electrons. The highest BCUT2D eigenvalue weighted by Crippen LogP contribution is 2.20. The van der Waals surface area contributed by atoms with Crippen molar-refractivity contribution in [1.29, 1.82) is 0 Å². The summed E-state index contributed by atoms with van der Waals surface area (Å²) < 4.78 is 25.9. The van der Waals surface area contributed by atoms with Crippen LogP contribution >= 0.6 is 0 Å². The van der Waals surface area contributed by atoms with Gasteiger partial charge in [0.25, 0.3) is 10.0 Å². The molecule has 0 bridgehead atoms. The Balaban J connectivity index is 2.63. The summed E-state index contributed by atoms with van der Waals surface area (Å²) in [5.41, 5.74) is 0.290. The lowest BCUT2D eigenvalue weighted by atomic mass is 10.2. The molecule has 1 heterocycles. The summed E-state index contributed by atoms with van der Waals surface area (Å²) in [5.74, 6) is -1.13. The van der Waals surface area contributed by atoms with E-state index in [-0.39, 0.29) is 16.2 Å². The Morgan fingerprint density at radius 3 is 2.37 bits per heavy atom. The van der Waals surface area contributed by atoms with Gasteiger partial charge in [-0.25, -0.2) is 17.2 Å². The zero-order valence-electron chi connectivity index (χ0n) is 10.3. The first-order valence-electron chi connectivity index (χ1n) is 5.72. The highest BCUT2D eigenvalue weighted by atomic mass is 32.2. The van der Waals surface area contributed by atoms with Crippen LogP contribution in [0.2, 0.25) is 0 Å². The average molecular weight is 279 g/mol. The van der Waals surface area contributed by atoms with Crippen LogP contribution in [0.3, 0.4) is 0 Å². The molecular weight excluding hydrogens is 266 g/mol. The van der Waals surface area contributed by atoms with Crippen molar-refractivity contribution in [3.63, 3.8) is 0 Å². The molecule has 2 aromatic rings. The van der Waals surface area contributed by atoms with Crippen molar-refractivity contribution in [2.24, 2.45) is 0 Å². The zero-order chi connectivity index (χ0) is 14.0. The Kier molecular flexibility index (Phi) is 3.44. The molecule has 0 unspecified atom stereocenters. The first kappa shape index (κ1) is 13.4. The number of hydrogen-bond donors (Lipinski definition) is 1. The van der Waals surface area contributed by atoms with Crippen LogP contribution in [0, 0.1) is 0 Å². The van der Waals surface area contributed by atoms with Crippen LogP contribution in [0.15, 0.2) is 47.5 Å². The van der Waals surface area contributed by atoms with Crippen molar-refractivity contribution in [3.8, 4) is 0 Å². The predicted molar refractivity (Wildman–Crippen MR) is 69.8 cm³/mol. The Morgan fingerprint density at radius 1 is 1.21 bits per heavy atom. The molecule has 0 aliphatic rings. The number of aromatic carboxylic acids is 1. The van der Waals surface area contributed by atoms with Crippen LogP contribution in [0.5, 0.6) is 0 Å². The van der Waals surface area contributed by atoms with Gasteiger partial charge < -0.3 is 5.11 Å². The van der Waals surface area contributed by atoms with Crippen molar-refractivity contribution in [3.05, 3.63) is 53.9 Å². The molecule has 19 heavy (non-hydrogen) atoms. The summed E-state index contributed by atoms with van der Waals surface area (Å²) in [7, 11) is -3.74. The Bertz CT molecular complexity index is 701. The molecule has 5 nitrogen and oxygen atoms in total. The maximum absolute atomic E-state index is 12.4. The minimum atomic E-state index is -3.74. The SMILES string of the molecule is CCc1c(C(=O)O)ccn1S(=O)(=O)c1ccccc1. The Morgan fingerprint density at radius 2 is 1.84 bits per heavy atom. The minimum absolute atomic E-state index is 0.0157. The highest BCUT2D eigenvalue weighted by Gasteiger charge is 2.23. The van der Waals surface area contributed by atoms with Gasteiger partial charge in [-0.15, -0.1) is 0 Å². The van der Waals surface area contributed by atoms with Crippen LogP contribution in [0.4, 0.5) is 0 Å². The molecule has 1 aromatic heterocycles. The molecule has 0 saturated heterocycles. The maximum Gasteiger partial charge on any atom is 0.337 e. The molecule has 2 rings (SSSR count). The van der Waals surface area contributed by atoms with E-state index in [0.29, 0.717) is 6.42 Å². The predicted octanol–water partition coefficient (Wildman–Crippen LogP) is 1.99. The minimum Gasteiger partial charge on any atom is -0.478 e. The molecule has 0 saturated carbocycles. The van der Waals surface area contributed by atoms with E-state index in [1.165, 1.54) is 24.4 Å². The van der Waals surface area contributed by atoms with E-state index in [1.54, 1.807) is 25.1 Å². The van der Waals surface area contributed by atoms with Crippen LogP contribution < -0.4 is 0 Å². The molecule has 1 aromatic carbocycles. The second-order valence-electron chi connectivity index (χ2n) is 3.95. The molecule has 6 heteroatoms. The summed E-state index contributed by atoms with van der Waals surface area (Å²) >= 11 is 0. The summed E-state index contributed by atoms with van der Waals surface area (Å²) in [6.07, 6.45) is 1.60. The van der Waals surface area contributed by atoms with Gasteiger partial charge in [0.05, 0.1) is 10.5 Å². The second-order valence-corrected chi connectivity index (χ2v) is 5.76. The van der Waals surface area contributed by atoms with Gasteiger partial charge in [0.1, 0.15) is 0 Å². The van der Waals surface area contributed by atoms with Gasteiger partial charge in [-0.3, -0.25) is 0 Å². The van der Waals surface area contributed by atoms with Gasteiger partial charge in [-0.2, -0.15) is 0 Å². The third-order valence-corrected chi connectivity index (χ3v) is 4.55. The molecule has 0 aliphatic heterocycles. The summed E-state index contributed by atoms with van der Waals surface area (Å²) in [5, 5.41) is 9.04. The fourth-order valence-electron chi connectivity index (χ4n) is 1.92. The molecule has 0 fully saturated rings. The van der Waals surface area contributed by atoms with E-state index < -0.39 is 16.0 Å². The van der Waals surface area contributed by atoms with Gasteiger partial charge >= 0.3 is 5.97 Å². The number of rotatable bonds is 4. The highest BCUT2D eigenvalue weighted by molar-refractivity contribution is 7.90. The van der Waals surface area contributed by atoms with Gasteiger partial charge in [-0.1, -0.05) is 25.1 Å². The topological polar surface area (TPSA) is 76.4 Å². The normalized spacial score (nSPS) is 11.4. The van der Waals surface area contributed by atoms with Crippen LogP contribution in [0.1, 0.15) is 23.0 Å². The lowest BCUT2D eigenvalue weighted by Crippen LogP contribution is -2.16. The van der Waals surface area contributed by atoms with Gasteiger partial charge in [0, 0.05) is 11.9 Å². The third-order valence-electron chi connectivity index (χ3n) is 2.82. The van der Waals surface area contributed by atoms with E-state index in [4.69, 9.17) is 5.11 Å². The van der Waals surface area contributed by atoms with Gasteiger partial charge in [0.2, 0.25) is 0 Å². The molecule has 0 spiro atoms. The Hall–Kier alpha value is -2.08. The number of hydrogen-bond acceptors (Lipinski definition) is 3. The monoisotopic (exact) mass is 279 g/mol. The van der Waals surface area contributed by atoms with Crippen molar-refractivity contribution in [2.75, 3.05) is 0 Å². The summed E-state index contributed by atoms with van der Waals surface area (Å²) in [6, 6.07) is 9.24. The number of aromatic nitrogens is 1. The van der Waals surface area contributed by atoms with Crippen LogP contribution in [-0.4, -0.2) is 23.5 Å². The largest absolute Gasteiger partial charge is 0.478 e. The van der Waals surface area contributed by atoms with Gasteiger partial charge in [0.15, 0.2) is 0 Å². The fraction of sp³-hybridized carbons (Fsp3) is 0.154. The maximum atomic E-state index is 12.4. The molecule has 0 atom stereocenters. The molecular formula is C13H13NO4S. The van der Waals surface area contributed by atoms with E-state index in [2.05, 4.69) is 0 Å². The standard InChI is InChI=1S/C13H13NO4S/c1-2-12-11(13(15)16)8-9-14(12)19(17,18)10-6-4-3-5-7-10/h3-9H,2H2,1H3,(H,15,16). The zero-order valence-corrected chi connectivity index (χ0v) is 11.1. The summed E-state index contributed by atoms with van der Waals surface area (Å²) in [6.45, 7) is 1.72. The molecule has 1 N–H and O–H groups in total. The quantitative estimate of drug-likeness (QED) is 0.928. The summed E-state index contributed by atoms with van der Waals surface area (Å²) in [4.78, 5) is 11.2. The van der Waals surface area contributed by atoms with E-state index >= 15 is 0 Å². The lowest BCUT2D eigenvalue weighted by molar-refractivity contribution is 0.0696.